The van der Waals surface area contributed by atoms with E-state index in [0.29, 0.717) is 13.2 Å². The van der Waals surface area contributed by atoms with Gasteiger partial charge in [0, 0.05) is 31.1 Å². The summed E-state index contributed by atoms with van der Waals surface area (Å²) in [6.07, 6.45) is -4.84. The van der Waals surface area contributed by atoms with Gasteiger partial charge < -0.3 is 19.7 Å². The maximum atomic E-state index is 10.6. The first-order chi connectivity index (χ1) is 18.1. The smallest absolute Gasteiger partial charge is 0.475 e. The van der Waals surface area contributed by atoms with E-state index in [1.807, 2.05) is 19.2 Å². The van der Waals surface area contributed by atoms with Crippen LogP contribution in [0.1, 0.15) is 35.7 Å². The van der Waals surface area contributed by atoms with Crippen molar-refractivity contribution in [2.75, 3.05) is 19.7 Å². The Morgan fingerprint density at radius 1 is 1.15 bits per heavy atom. The van der Waals surface area contributed by atoms with Crippen molar-refractivity contribution < 1.29 is 55.6 Å². The number of aliphatic carboxylic acids is 2. The number of hydrogen-bond acceptors (Lipinski definition) is 8. The molecule has 16 heteroatoms. The summed E-state index contributed by atoms with van der Waals surface area (Å²) in [5, 5.41) is 17.4. The molecule has 4 rings (SSSR count). The van der Waals surface area contributed by atoms with Gasteiger partial charge in [0.05, 0.1) is 41.3 Å². The molecule has 39 heavy (non-hydrogen) atoms. The zero-order valence-corrected chi connectivity index (χ0v) is 21.5. The second-order valence-electron chi connectivity index (χ2n) is 8.73. The molecular formula is C23H27F6N3O6S. The van der Waals surface area contributed by atoms with Crippen LogP contribution in [-0.2, 0) is 32.2 Å². The lowest BCUT2D eigenvalue weighted by Gasteiger charge is -2.39. The van der Waals surface area contributed by atoms with Crippen LogP contribution in [0.3, 0.4) is 0 Å². The van der Waals surface area contributed by atoms with Crippen LogP contribution in [0.2, 0.25) is 0 Å². The normalized spacial score (nSPS) is 21.5. The van der Waals surface area contributed by atoms with Gasteiger partial charge in [0.2, 0.25) is 0 Å². The Bertz CT molecular complexity index is 1040. The molecule has 0 bridgehead atoms. The number of carboxylic acids is 2. The lowest BCUT2D eigenvalue weighted by Crippen LogP contribution is -2.47. The molecule has 2 aliphatic rings. The van der Waals surface area contributed by atoms with E-state index in [-0.39, 0.29) is 11.7 Å². The number of ether oxygens (including phenoxy) is 2. The van der Waals surface area contributed by atoms with Gasteiger partial charge in [-0.25, -0.2) is 14.6 Å². The van der Waals surface area contributed by atoms with Crippen molar-refractivity contribution in [3.05, 3.63) is 46.2 Å². The van der Waals surface area contributed by atoms with E-state index in [1.165, 1.54) is 6.42 Å². The maximum absolute atomic E-state index is 10.6. The minimum atomic E-state index is -5.08. The standard InChI is InChI=1S/C19H25N3O2S.2C2HF3O2/c1-15-21-17(13-25-15)11-23-18-9-19(24-12-18)6-4-8-22(14-19)10-16-5-2-3-7-20-16;2*3-2(4,5)1(6)7/h2-3,5,7,13,18H,4,6,8-12,14H2,1H3;2*(H,6,7)/t18-,19+;;/m1../s1. The molecule has 0 amide bonds. The number of nitrogens with zero attached hydrogens (tertiary/aromatic N) is 3. The van der Waals surface area contributed by atoms with Gasteiger partial charge in [0.25, 0.3) is 0 Å². The van der Waals surface area contributed by atoms with E-state index in [9.17, 15) is 26.3 Å². The van der Waals surface area contributed by atoms with Crippen molar-refractivity contribution in [3.63, 3.8) is 0 Å². The van der Waals surface area contributed by atoms with Crippen molar-refractivity contribution in [3.8, 4) is 0 Å². The van der Waals surface area contributed by atoms with Crippen LogP contribution in [0.5, 0.6) is 0 Å². The summed E-state index contributed by atoms with van der Waals surface area (Å²) >= 11 is 1.67. The fraction of sp³-hybridized carbons (Fsp3) is 0.565. The third-order valence-corrected chi connectivity index (χ3v) is 6.35. The number of carboxylic acid groups (broad SMARTS) is 2. The summed E-state index contributed by atoms with van der Waals surface area (Å²) in [4.78, 5) is 29.2. The van der Waals surface area contributed by atoms with Crippen molar-refractivity contribution in [2.45, 2.75) is 63.4 Å². The second kappa shape index (κ2) is 14.0. The number of pyridine rings is 1. The Balaban J connectivity index is 0.000000317. The summed E-state index contributed by atoms with van der Waals surface area (Å²) in [6, 6.07) is 6.11. The van der Waals surface area contributed by atoms with Gasteiger partial charge in [0.1, 0.15) is 0 Å². The zero-order valence-electron chi connectivity index (χ0n) is 20.7. The average Bonchev–Trinajstić information content (AvgIpc) is 3.43. The Hall–Kier alpha value is -2.82. The van der Waals surface area contributed by atoms with Gasteiger partial charge in [0.15, 0.2) is 0 Å². The van der Waals surface area contributed by atoms with E-state index < -0.39 is 24.3 Å². The molecule has 0 unspecified atom stereocenters. The van der Waals surface area contributed by atoms with Crippen LogP contribution in [-0.4, -0.2) is 80.8 Å². The lowest BCUT2D eigenvalue weighted by atomic mass is 9.89. The molecule has 1 spiro atoms. The lowest BCUT2D eigenvalue weighted by molar-refractivity contribution is -0.193. The van der Waals surface area contributed by atoms with E-state index in [0.717, 1.165) is 48.9 Å². The van der Waals surface area contributed by atoms with Crippen molar-refractivity contribution >= 4 is 23.3 Å². The summed E-state index contributed by atoms with van der Waals surface area (Å²) in [6.45, 7) is 6.30. The molecule has 2 aromatic heterocycles. The number of aryl methyl sites for hydroxylation is 1. The topological polar surface area (TPSA) is 122 Å². The molecule has 0 aliphatic carbocycles. The van der Waals surface area contributed by atoms with E-state index >= 15 is 0 Å². The predicted molar refractivity (Wildman–Crippen MR) is 125 cm³/mol. The van der Waals surface area contributed by atoms with Crippen LogP contribution < -0.4 is 0 Å². The van der Waals surface area contributed by atoms with Crippen LogP contribution in [0, 0.1) is 6.92 Å². The summed E-state index contributed by atoms with van der Waals surface area (Å²) < 4.78 is 75.8. The SMILES string of the molecule is Cc1nc(CO[C@H]2CO[C@@]3(CCCN(Cc4ccccn4)C3)C2)cs1.O=C(O)C(F)(F)F.O=C(O)C(F)(F)F. The fourth-order valence-electron chi connectivity index (χ4n) is 3.92. The number of halogens is 6. The molecule has 2 fully saturated rings. The molecular weight excluding hydrogens is 560 g/mol. The summed E-state index contributed by atoms with van der Waals surface area (Å²) in [7, 11) is 0. The van der Waals surface area contributed by atoms with Gasteiger partial charge in [-0.05, 0) is 38.4 Å². The molecule has 0 radical (unpaired) electrons. The molecule has 2 atom stereocenters. The highest BCUT2D eigenvalue weighted by molar-refractivity contribution is 7.09. The predicted octanol–water partition coefficient (Wildman–Crippen LogP) is 4.45. The third-order valence-electron chi connectivity index (χ3n) is 5.52. The first-order valence-electron chi connectivity index (χ1n) is 11.5. The van der Waals surface area contributed by atoms with E-state index in [1.54, 1.807) is 11.3 Å². The van der Waals surface area contributed by atoms with E-state index in [2.05, 4.69) is 32.4 Å². The summed E-state index contributed by atoms with van der Waals surface area (Å²) in [5.74, 6) is -5.51. The molecule has 0 aromatic carbocycles. The fourth-order valence-corrected chi connectivity index (χ4v) is 4.52. The Labute approximate surface area is 223 Å². The van der Waals surface area contributed by atoms with Crippen molar-refractivity contribution in [1.29, 1.82) is 0 Å². The molecule has 2 aromatic rings. The van der Waals surface area contributed by atoms with Crippen molar-refractivity contribution in [1.82, 2.24) is 14.9 Å². The average molecular weight is 588 g/mol. The molecule has 0 saturated carbocycles. The number of piperidine rings is 1. The van der Waals surface area contributed by atoms with Crippen molar-refractivity contribution in [2.24, 2.45) is 0 Å². The van der Waals surface area contributed by atoms with Gasteiger partial charge in [-0.3, -0.25) is 9.88 Å². The number of carbonyl (C=O) groups is 2. The number of hydrogen-bond donors (Lipinski definition) is 2. The van der Waals surface area contributed by atoms with Gasteiger partial charge in [-0.2, -0.15) is 26.3 Å². The van der Waals surface area contributed by atoms with Crippen LogP contribution in [0.4, 0.5) is 26.3 Å². The molecule has 218 valence electrons. The largest absolute Gasteiger partial charge is 0.490 e. The van der Waals surface area contributed by atoms with Gasteiger partial charge in [-0.15, -0.1) is 11.3 Å². The van der Waals surface area contributed by atoms with Crippen LogP contribution in [0.15, 0.2) is 29.8 Å². The Morgan fingerprint density at radius 3 is 2.31 bits per heavy atom. The molecule has 4 heterocycles. The first kappa shape index (κ1) is 32.4. The molecule has 2 N–H and O–H groups in total. The van der Waals surface area contributed by atoms with Gasteiger partial charge in [-0.1, -0.05) is 6.07 Å². The van der Waals surface area contributed by atoms with Crippen LogP contribution in [0.25, 0.3) is 0 Å². The maximum Gasteiger partial charge on any atom is 0.490 e. The second-order valence-corrected chi connectivity index (χ2v) is 9.79. The Morgan fingerprint density at radius 2 is 1.79 bits per heavy atom. The van der Waals surface area contributed by atoms with E-state index in [4.69, 9.17) is 29.3 Å². The summed E-state index contributed by atoms with van der Waals surface area (Å²) in [5.41, 5.74) is 2.11. The number of thiazole rings is 1. The highest BCUT2D eigenvalue weighted by atomic mass is 32.1. The van der Waals surface area contributed by atoms with Gasteiger partial charge >= 0.3 is 24.3 Å². The highest BCUT2D eigenvalue weighted by Crippen LogP contribution is 2.36. The number of rotatable bonds is 5. The zero-order chi connectivity index (χ0) is 29.3. The minimum Gasteiger partial charge on any atom is -0.475 e. The number of aromatic nitrogens is 2. The first-order valence-corrected chi connectivity index (χ1v) is 12.4. The number of alkyl halides is 6. The van der Waals surface area contributed by atoms with Crippen LogP contribution >= 0.6 is 11.3 Å². The monoisotopic (exact) mass is 587 g/mol. The minimum absolute atomic E-state index is 0.0459. The number of likely N-dealkylation sites (tertiary alicyclic amines) is 1. The quantitative estimate of drug-likeness (QED) is 0.489. The third kappa shape index (κ3) is 11.4. The molecule has 2 saturated heterocycles. The Kier molecular flexibility index (Phi) is 11.6. The highest BCUT2D eigenvalue weighted by Gasteiger charge is 2.44. The molecule has 2 aliphatic heterocycles. The molecule has 9 nitrogen and oxygen atoms in total.